The fourth-order valence-electron chi connectivity index (χ4n) is 4.34. The summed E-state index contributed by atoms with van der Waals surface area (Å²) >= 11 is 0. The fraction of sp³-hybridized carbons (Fsp3) is 0.545. The van der Waals surface area contributed by atoms with Crippen LogP contribution in [0.5, 0.6) is 0 Å². The second kappa shape index (κ2) is 8.55. The van der Waals surface area contributed by atoms with E-state index in [1.165, 1.54) is 23.1 Å². The molecule has 0 radical (unpaired) electrons. The number of hydrogen-bond acceptors (Lipinski definition) is 6. The summed E-state index contributed by atoms with van der Waals surface area (Å²) < 4.78 is 10.7. The minimum atomic E-state index is -0.686. The number of likely N-dealkylation sites (tertiary alicyclic amines) is 1. The number of imide groups is 1. The number of nitrogens with zero attached hydrogens (tertiary/aromatic N) is 2. The van der Waals surface area contributed by atoms with Crippen LogP contribution in [0.1, 0.15) is 70.1 Å². The van der Waals surface area contributed by atoms with E-state index >= 15 is 0 Å². The van der Waals surface area contributed by atoms with Crippen LogP contribution in [0.4, 0.5) is 0 Å². The largest absolute Gasteiger partial charge is 0.452 e. The van der Waals surface area contributed by atoms with E-state index in [0.29, 0.717) is 13.2 Å². The van der Waals surface area contributed by atoms with Crippen molar-refractivity contribution in [3.8, 4) is 0 Å². The van der Waals surface area contributed by atoms with Crippen molar-refractivity contribution in [2.24, 2.45) is 0 Å². The molecule has 2 unspecified atom stereocenters. The molecule has 30 heavy (non-hydrogen) atoms. The number of ether oxygens (including phenoxy) is 2. The van der Waals surface area contributed by atoms with Gasteiger partial charge in [0.2, 0.25) is 0 Å². The molecule has 8 nitrogen and oxygen atoms in total. The fourth-order valence-corrected chi connectivity index (χ4v) is 4.34. The summed E-state index contributed by atoms with van der Waals surface area (Å²) in [5, 5.41) is 0. The van der Waals surface area contributed by atoms with Gasteiger partial charge in [-0.05, 0) is 57.2 Å². The second-order valence-electron chi connectivity index (χ2n) is 8.12. The Hall–Kier alpha value is -2.74. The van der Waals surface area contributed by atoms with Crippen LogP contribution in [-0.2, 0) is 14.3 Å². The van der Waals surface area contributed by atoms with Gasteiger partial charge in [-0.1, -0.05) is 0 Å². The molecule has 2 fully saturated rings. The highest BCUT2D eigenvalue weighted by Gasteiger charge is 2.38. The summed E-state index contributed by atoms with van der Waals surface area (Å²) in [6, 6.07) is 4.44. The third kappa shape index (κ3) is 3.96. The maximum atomic E-state index is 12.7. The van der Waals surface area contributed by atoms with Gasteiger partial charge in [-0.3, -0.25) is 19.3 Å². The molecule has 0 spiro atoms. The number of amides is 3. The lowest BCUT2D eigenvalue weighted by molar-refractivity contribution is -0.137. The summed E-state index contributed by atoms with van der Waals surface area (Å²) in [6.45, 7) is 3.18. The highest BCUT2D eigenvalue weighted by atomic mass is 16.5. The van der Waals surface area contributed by atoms with E-state index in [0.717, 1.165) is 32.1 Å². The Kier molecular flexibility index (Phi) is 5.85. The molecule has 0 aliphatic carbocycles. The highest BCUT2D eigenvalue weighted by molar-refractivity contribution is 6.22. The first-order valence-corrected chi connectivity index (χ1v) is 10.5. The van der Waals surface area contributed by atoms with E-state index in [9.17, 15) is 19.2 Å². The molecule has 0 N–H and O–H groups in total. The molecular formula is C22H26N2O6. The average Bonchev–Trinajstić information content (AvgIpc) is 3.35. The topological polar surface area (TPSA) is 93.2 Å². The lowest BCUT2D eigenvalue weighted by Crippen LogP contribution is -2.44. The molecule has 160 valence electrons. The molecule has 3 heterocycles. The van der Waals surface area contributed by atoms with Crippen molar-refractivity contribution >= 4 is 23.7 Å². The van der Waals surface area contributed by atoms with Gasteiger partial charge < -0.3 is 14.4 Å². The Bertz CT molecular complexity index is 876. The normalized spacial score (nSPS) is 23.6. The van der Waals surface area contributed by atoms with Crippen LogP contribution < -0.4 is 0 Å². The van der Waals surface area contributed by atoms with E-state index < -0.39 is 11.9 Å². The monoisotopic (exact) mass is 414 g/mol. The lowest BCUT2D eigenvalue weighted by Gasteiger charge is -2.33. The molecule has 0 saturated carbocycles. The third-order valence-corrected chi connectivity index (χ3v) is 6.07. The summed E-state index contributed by atoms with van der Waals surface area (Å²) in [5.41, 5.74) is 0.601. The predicted molar refractivity (Wildman–Crippen MR) is 106 cm³/mol. The molecular weight excluding hydrogens is 388 g/mol. The van der Waals surface area contributed by atoms with Crippen LogP contribution in [0.15, 0.2) is 18.2 Å². The first-order chi connectivity index (χ1) is 14.5. The summed E-state index contributed by atoms with van der Waals surface area (Å²) in [7, 11) is 0. The van der Waals surface area contributed by atoms with Crippen molar-refractivity contribution in [2.75, 3.05) is 26.3 Å². The minimum Gasteiger partial charge on any atom is -0.452 e. The maximum absolute atomic E-state index is 12.7. The van der Waals surface area contributed by atoms with E-state index in [1.54, 1.807) is 4.90 Å². The molecule has 8 heteroatoms. The van der Waals surface area contributed by atoms with Crippen LogP contribution >= 0.6 is 0 Å². The van der Waals surface area contributed by atoms with Crippen molar-refractivity contribution in [3.63, 3.8) is 0 Å². The number of piperidine rings is 1. The van der Waals surface area contributed by atoms with Crippen molar-refractivity contribution in [1.82, 2.24) is 9.80 Å². The molecule has 1 aromatic rings. The minimum absolute atomic E-state index is 0.139. The second-order valence-corrected chi connectivity index (χ2v) is 8.12. The van der Waals surface area contributed by atoms with E-state index in [-0.39, 0.29) is 53.8 Å². The van der Waals surface area contributed by atoms with Gasteiger partial charge in [0.1, 0.15) is 0 Å². The standard InChI is InChI=1S/C22H26N2O6/c1-14-5-2-3-9-23(14)19(25)13-30-22(28)15-7-8-17-18(11-15)21(27)24(20(17)26)12-16-6-4-10-29-16/h7-8,11,14,16H,2-6,9-10,12-13H2,1H3. The quantitative estimate of drug-likeness (QED) is 0.541. The number of carbonyl (C=O) groups is 4. The Labute approximate surface area is 175 Å². The van der Waals surface area contributed by atoms with Gasteiger partial charge in [-0.2, -0.15) is 0 Å². The Morgan fingerprint density at radius 1 is 1.10 bits per heavy atom. The molecule has 2 atom stereocenters. The van der Waals surface area contributed by atoms with Gasteiger partial charge in [-0.15, -0.1) is 0 Å². The van der Waals surface area contributed by atoms with Crippen LogP contribution in [0.2, 0.25) is 0 Å². The third-order valence-electron chi connectivity index (χ3n) is 6.07. The summed E-state index contributed by atoms with van der Waals surface area (Å²) in [5.74, 6) is -1.71. The molecule has 4 rings (SSSR count). The first-order valence-electron chi connectivity index (χ1n) is 10.5. The zero-order valence-corrected chi connectivity index (χ0v) is 17.1. The number of carbonyl (C=O) groups excluding carboxylic acids is 4. The molecule has 0 bridgehead atoms. The lowest BCUT2D eigenvalue weighted by atomic mass is 10.0. The van der Waals surface area contributed by atoms with Crippen LogP contribution in [-0.4, -0.2) is 71.9 Å². The van der Waals surface area contributed by atoms with Crippen molar-refractivity contribution in [3.05, 3.63) is 34.9 Å². The summed E-state index contributed by atoms with van der Waals surface area (Å²) in [4.78, 5) is 53.0. The van der Waals surface area contributed by atoms with E-state index in [4.69, 9.17) is 9.47 Å². The number of fused-ring (bicyclic) bond motifs is 1. The molecule has 1 aromatic carbocycles. The number of rotatable bonds is 5. The number of hydrogen-bond donors (Lipinski definition) is 0. The Morgan fingerprint density at radius 3 is 2.63 bits per heavy atom. The molecule has 2 saturated heterocycles. The molecule has 3 aliphatic heterocycles. The van der Waals surface area contributed by atoms with Crippen molar-refractivity contribution in [1.29, 1.82) is 0 Å². The van der Waals surface area contributed by atoms with Gasteiger partial charge in [-0.25, -0.2) is 4.79 Å². The zero-order chi connectivity index (χ0) is 21.3. The van der Waals surface area contributed by atoms with Crippen LogP contribution in [0.3, 0.4) is 0 Å². The molecule has 3 aliphatic rings. The SMILES string of the molecule is CC1CCCCN1C(=O)COC(=O)c1ccc2c(c1)C(=O)N(CC1CCCO1)C2=O. The predicted octanol–water partition coefficient (Wildman–Crippen LogP) is 2.02. The first kappa shape index (κ1) is 20.5. The molecule has 3 amide bonds. The smallest absolute Gasteiger partial charge is 0.338 e. The van der Waals surface area contributed by atoms with Crippen molar-refractivity contribution in [2.45, 2.75) is 51.2 Å². The van der Waals surface area contributed by atoms with Gasteiger partial charge in [0.05, 0.1) is 29.3 Å². The van der Waals surface area contributed by atoms with Gasteiger partial charge in [0, 0.05) is 19.2 Å². The van der Waals surface area contributed by atoms with Crippen LogP contribution in [0, 0.1) is 0 Å². The zero-order valence-electron chi connectivity index (χ0n) is 17.1. The van der Waals surface area contributed by atoms with Crippen LogP contribution in [0.25, 0.3) is 0 Å². The average molecular weight is 414 g/mol. The summed E-state index contributed by atoms with van der Waals surface area (Å²) in [6.07, 6.45) is 4.58. The maximum Gasteiger partial charge on any atom is 0.338 e. The van der Waals surface area contributed by atoms with E-state index in [2.05, 4.69) is 0 Å². The Balaban J connectivity index is 1.40. The number of benzene rings is 1. The van der Waals surface area contributed by atoms with Gasteiger partial charge >= 0.3 is 5.97 Å². The number of esters is 1. The van der Waals surface area contributed by atoms with E-state index in [1.807, 2.05) is 6.92 Å². The van der Waals surface area contributed by atoms with Gasteiger partial charge in [0.15, 0.2) is 6.61 Å². The Morgan fingerprint density at radius 2 is 1.90 bits per heavy atom. The van der Waals surface area contributed by atoms with Crippen molar-refractivity contribution < 1.29 is 28.7 Å². The highest BCUT2D eigenvalue weighted by Crippen LogP contribution is 2.26. The van der Waals surface area contributed by atoms with Gasteiger partial charge in [0.25, 0.3) is 17.7 Å². The molecule has 0 aromatic heterocycles.